The van der Waals surface area contributed by atoms with Gasteiger partial charge in [-0.3, -0.25) is 13.8 Å². The first kappa shape index (κ1) is 14.4. The van der Waals surface area contributed by atoms with Crippen LogP contribution in [0.2, 0.25) is 0 Å². The minimum absolute atomic E-state index is 0.291. The highest BCUT2D eigenvalue weighted by atomic mass is 32.2. The minimum Gasteiger partial charge on any atom is -0.480 e. The SMILES string of the molecule is CC(C(=O)O)S(=O)CC(=O)NCc1ccccc1. The summed E-state index contributed by atoms with van der Waals surface area (Å²) in [5.41, 5.74) is 0.933. The molecule has 0 spiro atoms. The van der Waals surface area contributed by atoms with Crippen molar-refractivity contribution >= 4 is 22.7 Å². The number of benzene rings is 1. The van der Waals surface area contributed by atoms with Gasteiger partial charge in [0.25, 0.3) is 0 Å². The van der Waals surface area contributed by atoms with Gasteiger partial charge in [-0.1, -0.05) is 30.3 Å². The molecule has 0 heterocycles. The number of hydrogen-bond acceptors (Lipinski definition) is 3. The van der Waals surface area contributed by atoms with Crippen molar-refractivity contribution in [3.05, 3.63) is 35.9 Å². The fourth-order valence-electron chi connectivity index (χ4n) is 1.21. The van der Waals surface area contributed by atoms with E-state index in [4.69, 9.17) is 5.11 Å². The van der Waals surface area contributed by atoms with Gasteiger partial charge < -0.3 is 10.4 Å². The topological polar surface area (TPSA) is 83.5 Å². The van der Waals surface area contributed by atoms with E-state index in [1.165, 1.54) is 6.92 Å². The lowest BCUT2D eigenvalue weighted by Gasteiger charge is -2.07. The van der Waals surface area contributed by atoms with Crippen molar-refractivity contribution in [1.29, 1.82) is 0 Å². The van der Waals surface area contributed by atoms with Gasteiger partial charge in [-0.2, -0.15) is 0 Å². The predicted molar refractivity (Wildman–Crippen MR) is 68.4 cm³/mol. The van der Waals surface area contributed by atoms with E-state index in [-0.39, 0.29) is 5.75 Å². The summed E-state index contributed by atoms with van der Waals surface area (Å²) in [6.45, 7) is 1.67. The molecule has 2 N–H and O–H groups in total. The second-order valence-electron chi connectivity index (χ2n) is 3.77. The summed E-state index contributed by atoms with van der Waals surface area (Å²) in [6, 6.07) is 9.29. The van der Waals surface area contributed by atoms with Crippen LogP contribution in [0.5, 0.6) is 0 Å². The molecule has 0 bridgehead atoms. The molecule has 0 aliphatic rings. The molecule has 18 heavy (non-hydrogen) atoms. The summed E-state index contributed by atoms with van der Waals surface area (Å²) in [7, 11) is -1.69. The predicted octanol–water partition coefficient (Wildman–Crippen LogP) is 0.525. The highest BCUT2D eigenvalue weighted by Gasteiger charge is 2.21. The van der Waals surface area contributed by atoms with Crippen LogP contribution in [0.3, 0.4) is 0 Å². The van der Waals surface area contributed by atoms with Crippen LogP contribution >= 0.6 is 0 Å². The number of carbonyl (C=O) groups excluding carboxylic acids is 1. The van der Waals surface area contributed by atoms with Gasteiger partial charge >= 0.3 is 5.97 Å². The van der Waals surface area contributed by atoms with Crippen molar-refractivity contribution in [2.75, 3.05) is 5.75 Å². The second-order valence-corrected chi connectivity index (χ2v) is 5.53. The zero-order valence-electron chi connectivity index (χ0n) is 9.96. The zero-order valence-corrected chi connectivity index (χ0v) is 10.8. The number of aliphatic carboxylic acids is 1. The molecule has 1 aromatic rings. The Bertz CT molecular complexity index is 447. The first-order valence-corrected chi connectivity index (χ1v) is 6.79. The van der Waals surface area contributed by atoms with Crippen molar-refractivity contribution < 1.29 is 18.9 Å². The average molecular weight is 269 g/mol. The van der Waals surface area contributed by atoms with Crippen molar-refractivity contribution in [1.82, 2.24) is 5.32 Å². The molecular formula is C12H15NO4S. The molecule has 6 heteroatoms. The standard InChI is InChI=1S/C12H15NO4S/c1-9(12(15)16)18(17)8-11(14)13-7-10-5-3-2-4-6-10/h2-6,9H,7-8H2,1H3,(H,13,14)(H,15,16). The maximum Gasteiger partial charge on any atom is 0.318 e. The highest BCUT2D eigenvalue weighted by Crippen LogP contribution is 1.99. The molecule has 5 nitrogen and oxygen atoms in total. The molecule has 0 aliphatic carbocycles. The lowest BCUT2D eigenvalue weighted by Crippen LogP contribution is -2.33. The van der Waals surface area contributed by atoms with Gasteiger partial charge in [-0.05, 0) is 12.5 Å². The Morgan fingerprint density at radius 3 is 2.50 bits per heavy atom. The summed E-state index contributed by atoms with van der Waals surface area (Å²) in [5.74, 6) is -1.87. The largest absolute Gasteiger partial charge is 0.480 e. The van der Waals surface area contributed by atoms with Crippen LogP contribution in [0.25, 0.3) is 0 Å². The van der Waals surface area contributed by atoms with Crippen molar-refractivity contribution in [3.8, 4) is 0 Å². The van der Waals surface area contributed by atoms with Gasteiger partial charge in [0.1, 0.15) is 11.0 Å². The maximum atomic E-state index is 11.5. The lowest BCUT2D eigenvalue weighted by atomic mass is 10.2. The van der Waals surface area contributed by atoms with E-state index in [0.717, 1.165) is 5.56 Å². The Morgan fingerprint density at radius 1 is 1.33 bits per heavy atom. The van der Waals surface area contributed by atoms with Crippen LogP contribution in [-0.4, -0.2) is 32.2 Å². The van der Waals surface area contributed by atoms with E-state index in [1.54, 1.807) is 0 Å². The fourth-order valence-corrected chi connectivity index (χ4v) is 2.05. The summed E-state index contributed by atoms with van der Waals surface area (Å²) in [6.07, 6.45) is 0. The Balaban J connectivity index is 2.39. The van der Waals surface area contributed by atoms with Crippen molar-refractivity contribution in [3.63, 3.8) is 0 Å². The van der Waals surface area contributed by atoms with Crippen molar-refractivity contribution in [2.24, 2.45) is 0 Å². The summed E-state index contributed by atoms with van der Waals surface area (Å²) >= 11 is 0. The average Bonchev–Trinajstić information content (AvgIpc) is 2.36. The van der Waals surface area contributed by atoms with E-state index in [9.17, 15) is 13.8 Å². The Kier molecular flexibility index (Phi) is 5.51. The van der Waals surface area contributed by atoms with E-state index in [0.29, 0.717) is 6.54 Å². The van der Waals surface area contributed by atoms with Gasteiger partial charge in [0.05, 0.1) is 0 Å². The zero-order chi connectivity index (χ0) is 13.5. The molecule has 0 fully saturated rings. The highest BCUT2D eigenvalue weighted by molar-refractivity contribution is 7.87. The number of carboxylic acid groups (broad SMARTS) is 1. The van der Waals surface area contributed by atoms with Crippen LogP contribution in [0.1, 0.15) is 12.5 Å². The van der Waals surface area contributed by atoms with Gasteiger partial charge in [0.15, 0.2) is 0 Å². The van der Waals surface area contributed by atoms with E-state index in [1.807, 2.05) is 30.3 Å². The first-order valence-electron chi connectivity index (χ1n) is 5.41. The Labute approximate surface area is 108 Å². The monoisotopic (exact) mass is 269 g/mol. The summed E-state index contributed by atoms with van der Waals surface area (Å²) in [5, 5.41) is 10.2. The number of nitrogens with one attached hydrogen (secondary N) is 1. The molecule has 1 aromatic carbocycles. The van der Waals surface area contributed by atoms with E-state index in [2.05, 4.69) is 5.32 Å². The molecule has 0 saturated heterocycles. The molecule has 0 aliphatic heterocycles. The molecule has 98 valence electrons. The third kappa shape index (κ3) is 4.67. The van der Waals surface area contributed by atoms with Gasteiger partial charge in [-0.15, -0.1) is 0 Å². The molecule has 1 amide bonds. The van der Waals surface area contributed by atoms with Gasteiger partial charge in [0.2, 0.25) is 5.91 Å². The smallest absolute Gasteiger partial charge is 0.318 e. The van der Waals surface area contributed by atoms with Gasteiger partial charge in [0, 0.05) is 17.3 Å². The minimum atomic E-state index is -1.69. The Morgan fingerprint density at radius 2 is 1.94 bits per heavy atom. The van der Waals surface area contributed by atoms with E-state index < -0.39 is 27.9 Å². The second kappa shape index (κ2) is 6.90. The summed E-state index contributed by atoms with van der Waals surface area (Å²) in [4.78, 5) is 22.0. The molecule has 0 saturated carbocycles. The molecule has 0 aromatic heterocycles. The first-order chi connectivity index (χ1) is 8.50. The maximum absolute atomic E-state index is 11.5. The quantitative estimate of drug-likeness (QED) is 0.789. The number of carbonyl (C=O) groups is 2. The van der Waals surface area contributed by atoms with Crippen LogP contribution < -0.4 is 5.32 Å². The van der Waals surface area contributed by atoms with Crippen LogP contribution in [-0.2, 0) is 26.9 Å². The number of amides is 1. The van der Waals surface area contributed by atoms with E-state index >= 15 is 0 Å². The molecular weight excluding hydrogens is 254 g/mol. The van der Waals surface area contributed by atoms with Crippen LogP contribution in [0.15, 0.2) is 30.3 Å². The molecule has 2 atom stereocenters. The fraction of sp³-hybridized carbons (Fsp3) is 0.333. The number of rotatable bonds is 6. The normalized spacial score (nSPS) is 13.6. The number of carboxylic acids is 1. The van der Waals surface area contributed by atoms with Crippen LogP contribution in [0.4, 0.5) is 0 Å². The molecule has 1 rings (SSSR count). The molecule has 0 radical (unpaired) electrons. The number of hydrogen-bond donors (Lipinski definition) is 2. The van der Waals surface area contributed by atoms with Gasteiger partial charge in [-0.25, -0.2) is 0 Å². The lowest BCUT2D eigenvalue weighted by molar-refractivity contribution is -0.136. The third-order valence-electron chi connectivity index (χ3n) is 2.35. The third-order valence-corrected chi connectivity index (χ3v) is 3.88. The van der Waals surface area contributed by atoms with Crippen LogP contribution in [0, 0.1) is 0 Å². The summed E-state index contributed by atoms with van der Waals surface area (Å²) < 4.78 is 11.5. The molecule has 2 unspecified atom stereocenters. The Hall–Kier alpha value is -1.69. The van der Waals surface area contributed by atoms with Crippen molar-refractivity contribution in [2.45, 2.75) is 18.7 Å².